The van der Waals surface area contributed by atoms with Crippen molar-refractivity contribution < 1.29 is 22.5 Å². The Kier molecular flexibility index (Phi) is 5.55. The van der Waals surface area contributed by atoms with Crippen molar-refractivity contribution in [1.82, 2.24) is 10.1 Å². The molecule has 1 saturated heterocycles. The molecule has 6 nitrogen and oxygen atoms in total. The van der Waals surface area contributed by atoms with Crippen molar-refractivity contribution >= 4 is 23.3 Å². The summed E-state index contributed by atoms with van der Waals surface area (Å²) in [6.07, 6.45) is -1.56. The van der Waals surface area contributed by atoms with E-state index in [1.165, 1.54) is 0 Å². The molecule has 0 radical (unpaired) electrons. The van der Waals surface area contributed by atoms with E-state index in [-0.39, 0.29) is 16.4 Å². The zero-order valence-corrected chi connectivity index (χ0v) is 17.1. The molecule has 158 valence electrons. The van der Waals surface area contributed by atoms with Crippen LogP contribution in [0.4, 0.5) is 19.0 Å². The van der Waals surface area contributed by atoms with Gasteiger partial charge in [0.15, 0.2) is 5.76 Å². The van der Waals surface area contributed by atoms with Gasteiger partial charge in [-0.2, -0.15) is 13.2 Å². The van der Waals surface area contributed by atoms with Crippen LogP contribution in [0.15, 0.2) is 16.8 Å². The maximum Gasteiger partial charge on any atom is 0.417 e. The minimum atomic E-state index is -4.54. The molecular weight excluding hydrogens is 409 g/mol. The second kappa shape index (κ2) is 7.51. The third-order valence-corrected chi connectivity index (χ3v) is 5.18. The maximum atomic E-state index is 13.0. The van der Waals surface area contributed by atoms with E-state index < -0.39 is 29.1 Å². The molecule has 2 aromatic heterocycles. The Morgan fingerprint density at radius 3 is 2.55 bits per heavy atom. The van der Waals surface area contributed by atoms with Crippen LogP contribution in [0.1, 0.15) is 73.5 Å². The molecule has 2 aromatic rings. The Hall–Kier alpha value is -2.29. The Balaban J connectivity index is 2.07. The van der Waals surface area contributed by atoms with Gasteiger partial charge in [-0.15, -0.1) is 0 Å². The van der Waals surface area contributed by atoms with E-state index in [2.05, 4.69) is 10.1 Å². The first-order valence-corrected chi connectivity index (χ1v) is 9.58. The minimum absolute atomic E-state index is 0.122. The number of primary amides is 1. The van der Waals surface area contributed by atoms with Crippen molar-refractivity contribution in [2.45, 2.75) is 57.7 Å². The van der Waals surface area contributed by atoms with Gasteiger partial charge in [-0.25, -0.2) is 4.98 Å². The van der Waals surface area contributed by atoms with E-state index in [0.717, 1.165) is 25.1 Å². The van der Waals surface area contributed by atoms with Crippen LogP contribution in [0.2, 0.25) is 5.02 Å². The molecule has 3 rings (SSSR count). The number of pyridine rings is 1. The first kappa shape index (κ1) is 21.4. The van der Waals surface area contributed by atoms with Crippen molar-refractivity contribution in [1.29, 1.82) is 0 Å². The maximum absolute atomic E-state index is 13.0. The highest BCUT2D eigenvalue weighted by Crippen LogP contribution is 2.41. The van der Waals surface area contributed by atoms with E-state index in [9.17, 15) is 18.0 Å². The molecule has 0 unspecified atom stereocenters. The van der Waals surface area contributed by atoms with Crippen LogP contribution in [0.5, 0.6) is 0 Å². The van der Waals surface area contributed by atoms with E-state index in [1.54, 1.807) is 4.90 Å². The minimum Gasteiger partial charge on any atom is -0.365 e. The number of nitrogens with two attached hydrogens (primary N) is 1. The number of nitrogens with zero attached hydrogens (tertiary/aromatic N) is 3. The normalized spacial score (nSPS) is 18.2. The SMILES string of the molecule is CC(C)(C)c1noc([C@@H]2CCCCN2c2ncc(C(F)(F)F)cc2Cl)c1C(N)=O. The predicted octanol–water partition coefficient (Wildman–Crippen LogP) is 4.87. The van der Waals surface area contributed by atoms with Crippen LogP contribution >= 0.6 is 11.6 Å². The summed E-state index contributed by atoms with van der Waals surface area (Å²) in [7, 11) is 0. The lowest BCUT2D eigenvalue weighted by Gasteiger charge is -2.36. The highest BCUT2D eigenvalue weighted by Gasteiger charge is 2.38. The molecule has 1 fully saturated rings. The summed E-state index contributed by atoms with van der Waals surface area (Å²) in [5.74, 6) is -0.170. The van der Waals surface area contributed by atoms with Crippen molar-refractivity contribution in [3.05, 3.63) is 39.9 Å². The van der Waals surface area contributed by atoms with E-state index in [1.807, 2.05) is 20.8 Å². The second-order valence-electron chi connectivity index (χ2n) is 8.12. The van der Waals surface area contributed by atoms with Crippen molar-refractivity contribution in [3.63, 3.8) is 0 Å². The van der Waals surface area contributed by atoms with Crippen LogP contribution in [0.25, 0.3) is 0 Å². The molecule has 0 spiro atoms. The average Bonchev–Trinajstić information content (AvgIpc) is 3.06. The lowest BCUT2D eigenvalue weighted by Crippen LogP contribution is -2.35. The molecule has 1 aliphatic rings. The summed E-state index contributed by atoms with van der Waals surface area (Å²) >= 11 is 6.16. The molecule has 1 aliphatic heterocycles. The number of hydrogen-bond acceptors (Lipinski definition) is 5. The number of carbonyl (C=O) groups is 1. The molecular formula is C19H22ClF3N4O2. The summed E-state index contributed by atoms with van der Waals surface area (Å²) < 4.78 is 44.4. The number of piperidine rings is 1. The molecule has 2 N–H and O–H groups in total. The van der Waals surface area contributed by atoms with E-state index >= 15 is 0 Å². The highest BCUT2D eigenvalue weighted by atomic mass is 35.5. The lowest BCUT2D eigenvalue weighted by molar-refractivity contribution is -0.137. The van der Waals surface area contributed by atoms with Gasteiger partial charge >= 0.3 is 6.18 Å². The lowest BCUT2D eigenvalue weighted by atomic mass is 9.86. The molecule has 3 heterocycles. The summed E-state index contributed by atoms with van der Waals surface area (Å²) in [5.41, 5.74) is 4.87. The number of aromatic nitrogens is 2. The summed E-state index contributed by atoms with van der Waals surface area (Å²) in [4.78, 5) is 17.9. The van der Waals surface area contributed by atoms with Crippen molar-refractivity contribution in [3.8, 4) is 0 Å². The molecule has 1 amide bonds. The van der Waals surface area contributed by atoms with Gasteiger partial charge < -0.3 is 15.2 Å². The van der Waals surface area contributed by atoms with Gasteiger partial charge in [0.25, 0.3) is 5.91 Å². The number of rotatable bonds is 3. The molecule has 1 atom stereocenters. The topological polar surface area (TPSA) is 85.2 Å². The van der Waals surface area contributed by atoms with Gasteiger partial charge in [0.1, 0.15) is 17.1 Å². The first-order chi connectivity index (χ1) is 13.4. The zero-order chi connectivity index (χ0) is 21.6. The van der Waals surface area contributed by atoms with Gasteiger partial charge in [-0.3, -0.25) is 4.79 Å². The van der Waals surface area contributed by atoms with Crippen LogP contribution in [-0.2, 0) is 11.6 Å². The molecule has 0 bridgehead atoms. The van der Waals surface area contributed by atoms with Crippen molar-refractivity contribution in [2.24, 2.45) is 5.73 Å². The Bertz CT molecular complexity index is 921. The number of hydrogen-bond donors (Lipinski definition) is 1. The molecule has 29 heavy (non-hydrogen) atoms. The van der Waals surface area contributed by atoms with E-state index in [0.29, 0.717) is 24.4 Å². The highest BCUT2D eigenvalue weighted by molar-refractivity contribution is 6.33. The van der Waals surface area contributed by atoms with Gasteiger partial charge in [-0.1, -0.05) is 37.5 Å². The van der Waals surface area contributed by atoms with Crippen molar-refractivity contribution in [2.75, 3.05) is 11.4 Å². The Labute approximate surface area is 171 Å². The Morgan fingerprint density at radius 2 is 2.00 bits per heavy atom. The van der Waals surface area contributed by atoms with Gasteiger partial charge in [-0.05, 0) is 25.3 Å². The Morgan fingerprint density at radius 1 is 1.31 bits per heavy atom. The molecule has 0 aromatic carbocycles. The van der Waals surface area contributed by atoms with Crippen LogP contribution in [0.3, 0.4) is 0 Å². The fourth-order valence-corrected chi connectivity index (χ4v) is 3.81. The van der Waals surface area contributed by atoms with E-state index in [4.69, 9.17) is 21.9 Å². The summed E-state index contributed by atoms with van der Waals surface area (Å²) in [6.45, 7) is 6.14. The average molecular weight is 431 g/mol. The summed E-state index contributed by atoms with van der Waals surface area (Å²) in [6, 6.07) is 0.391. The largest absolute Gasteiger partial charge is 0.417 e. The third kappa shape index (κ3) is 4.19. The number of amides is 1. The van der Waals surface area contributed by atoms with Crippen LogP contribution in [0, 0.1) is 0 Å². The second-order valence-corrected chi connectivity index (χ2v) is 8.52. The number of carbonyl (C=O) groups excluding carboxylic acids is 1. The monoisotopic (exact) mass is 430 g/mol. The van der Waals surface area contributed by atoms with Crippen LogP contribution in [-0.4, -0.2) is 22.6 Å². The van der Waals surface area contributed by atoms with Gasteiger partial charge in [0, 0.05) is 18.2 Å². The predicted molar refractivity (Wildman–Crippen MR) is 102 cm³/mol. The third-order valence-electron chi connectivity index (χ3n) is 4.90. The molecule has 10 heteroatoms. The van der Waals surface area contributed by atoms with Gasteiger partial charge in [0.05, 0.1) is 16.6 Å². The number of halogens is 4. The van der Waals surface area contributed by atoms with Crippen LogP contribution < -0.4 is 10.6 Å². The fourth-order valence-electron chi connectivity index (χ4n) is 3.54. The number of anilines is 1. The zero-order valence-electron chi connectivity index (χ0n) is 16.3. The summed E-state index contributed by atoms with van der Waals surface area (Å²) in [5, 5.41) is 3.95. The molecule has 0 saturated carbocycles. The van der Waals surface area contributed by atoms with Gasteiger partial charge in [0.2, 0.25) is 0 Å². The standard InChI is InChI=1S/C19H22ClF3N4O2/c1-18(2,3)15-13(16(24)28)14(29-26-15)12-6-4-5-7-27(12)17-11(20)8-10(9-25-17)19(21,22)23/h8-9,12H,4-7H2,1-3H3,(H2,24,28)/t12-/m0/s1. The first-order valence-electron chi connectivity index (χ1n) is 9.20. The smallest absolute Gasteiger partial charge is 0.365 e. The number of alkyl halides is 3. The quantitative estimate of drug-likeness (QED) is 0.750. The molecule has 0 aliphatic carbocycles. The fraction of sp³-hybridized carbons (Fsp3) is 0.526.